The van der Waals surface area contributed by atoms with Crippen LogP contribution < -0.4 is 10.1 Å². The summed E-state index contributed by atoms with van der Waals surface area (Å²) in [6.07, 6.45) is 5.68. The van der Waals surface area contributed by atoms with E-state index in [1.807, 2.05) is 60.4 Å². The molecule has 2 rings (SSSR count). The Hall–Kier alpha value is -3.02. The molecule has 0 unspecified atom stereocenters. The molecule has 0 aliphatic heterocycles. The lowest BCUT2D eigenvalue weighted by atomic mass is 10.1. The molecule has 0 bridgehead atoms. The summed E-state index contributed by atoms with van der Waals surface area (Å²) in [6.45, 7) is 10.8. The molecule has 0 fully saturated rings. The van der Waals surface area contributed by atoms with Gasteiger partial charge in [-0.1, -0.05) is 62.9 Å². The van der Waals surface area contributed by atoms with Crippen LogP contribution in [0.25, 0.3) is 0 Å². The van der Waals surface area contributed by atoms with Crippen molar-refractivity contribution in [2.45, 2.75) is 78.9 Å². The Morgan fingerprint density at radius 3 is 2.26 bits per heavy atom. The second kappa shape index (κ2) is 13.6. The first-order chi connectivity index (χ1) is 16.3. The van der Waals surface area contributed by atoms with Crippen LogP contribution in [0.2, 0.25) is 0 Å². The highest BCUT2D eigenvalue weighted by Gasteiger charge is 2.31. The number of urea groups is 1. The van der Waals surface area contributed by atoms with Crippen LogP contribution in [-0.4, -0.2) is 35.7 Å². The van der Waals surface area contributed by atoms with Crippen LogP contribution in [0.5, 0.6) is 5.75 Å². The molecule has 0 aliphatic rings. The Morgan fingerprint density at radius 1 is 0.941 bits per heavy atom. The van der Waals surface area contributed by atoms with Crippen LogP contribution in [0.3, 0.4) is 0 Å². The molecule has 6 nitrogen and oxygen atoms in total. The summed E-state index contributed by atoms with van der Waals surface area (Å²) in [7, 11) is 0. The van der Waals surface area contributed by atoms with Crippen molar-refractivity contribution in [2.24, 2.45) is 0 Å². The average molecular weight is 469 g/mol. The molecule has 2 aromatic rings. The van der Waals surface area contributed by atoms with Crippen molar-refractivity contribution < 1.29 is 19.1 Å². The number of unbranched alkanes of at least 4 members (excludes halogenated alkanes) is 4. The average Bonchev–Trinajstić information content (AvgIpc) is 2.80. The lowest BCUT2D eigenvalue weighted by Crippen LogP contribution is -2.39. The van der Waals surface area contributed by atoms with Crippen molar-refractivity contribution in [2.75, 3.05) is 18.5 Å². The number of carbonyl (C=O) groups is 2. The van der Waals surface area contributed by atoms with Gasteiger partial charge in [-0.3, -0.25) is 0 Å². The molecular weight excluding hydrogens is 428 g/mol. The highest BCUT2D eigenvalue weighted by molar-refractivity contribution is 5.90. The van der Waals surface area contributed by atoms with Gasteiger partial charge >= 0.3 is 12.0 Å². The van der Waals surface area contributed by atoms with Gasteiger partial charge in [0, 0.05) is 18.8 Å². The Balaban J connectivity index is 2.06. The number of rotatable bonds is 13. The van der Waals surface area contributed by atoms with Crippen LogP contribution in [-0.2, 0) is 16.1 Å². The van der Waals surface area contributed by atoms with Crippen molar-refractivity contribution in [1.29, 1.82) is 0 Å². The smallest absolute Gasteiger partial charge is 0.349 e. The topological polar surface area (TPSA) is 67.9 Å². The van der Waals surface area contributed by atoms with E-state index in [0.29, 0.717) is 25.4 Å². The predicted molar refractivity (Wildman–Crippen MR) is 137 cm³/mol. The molecule has 6 heteroatoms. The second-order valence-corrected chi connectivity index (χ2v) is 9.06. The number of anilines is 1. The fourth-order valence-electron chi connectivity index (χ4n) is 3.59. The highest BCUT2D eigenvalue weighted by atomic mass is 16.6. The van der Waals surface area contributed by atoms with E-state index in [-0.39, 0.29) is 6.03 Å². The van der Waals surface area contributed by atoms with Gasteiger partial charge in [0.25, 0.3) is 0 Å². The maximum absolute atomic E-state index is 13.1. The molecule has 0 heterocycles. The lowest BCUT2D eigenvalue weighted by Gasteiger charge is -2.25. The van der Waals surface area contributed by atoms with E-state index in [4.69, 9.17) is 9.47 Å². The molecule has 0 aliphatic carbocycles. The lowest BCUT2D eigenvalue weighted by molar-refractivity contribution is -0.158. The van der Waals surface area contributed by atoms with Gasteiger partial charge in [-0.25, -0.2) is 9.59 Å². The first kappa shape index (κ1) is 27.2. The molecule has 0 radical (unpaired) electrons. The number of aryl methyl sites for hydroxylation is 1. The van der Waals surface area contributed by atoms with E-state index in [1.54, 1.807) is 20.8 Å². The van der Waals surface area contributed by atoms with E-state index < -0.39 is 11.6 Å². The van der Waals surface area contributed by atoms with Gasteiger partial charge in [-0.05, 0) is 63.4 Å². The number of esters is 1. The van der Waals surface area contributed by atoms with Crippen LogP contribution in [0.4, 0.5) is 10.5 Å². The molecule has 0 aromatic heterocycles. The van der Waals surface area contributed by atoms with Crippen LogP contribution in [0, 0.1) is 6.92 Å². The number of hydrogen-bond acceptors (Lipinski definition) is 4. The number of benzene rings is 2. The van der Waals surface area contributed by atoms with E-state index in [2.05, 4.69) is 12.2 Å². The minimum Gasteiger partial charge on any atom is -0.476 e. The SMILES string of the molecule is CCCCCCCN(Cc1ccc(OC(C)(C)C(=O)OCC)cc1)C(=O)Nc1ccccc1C. The van der Waals surface area contributed by atoms with Gasteiger partial charge in [0.05, 0.1) is 6.61 Å². The molecule has 2 aromatic carbocycles. The standard InChI is InChI=1S/C28H40N2O4/c1-6-8-9-10-13-20-30(27(32)29-25-15-12-11-14-22(25)3)21-23-16-18-24(19-17-23)34-28(4,5)26(31)33-7-2/h11-12,14-19H,6-10,13,20-21H2,1-5H3,(H,29,32). The number of nitrogens with zero attached hydrogens (tertiary/aromatic N) is 1. The fraction of sp³-hybridized carbons (Fsp3) is 0.500. The molecule has 0 atom stereocenters. The largest absolute Gasteiger partial charge is 0.476 e. The number of carbonyl (C=O) groups excluding carboxylic acids is 2. The number of ether oxygens (including phenoxy) is 2. The number of para-hydroxylation sites is 1. The van der Waals surface area contributed by atoms with Gasteiger partial charge in [0.2, 0.25) is 0 Å². The van der Waals surface area contributed by atoms with Crippen molar-refractivity contribution in [3.8, 4) is 5.75 Å². The predicted octanol–water partition coefficient (Wildman–Crippen LogP) is 6.72. The van der Waals surface area contributed by atoms with Gasteiger partial charge < -0.3 is 19.7 Å². The summed E-state index contributed by atoms with van der Waals surface area (Å²) in [5.41, 5.74) is 1.78. The van der Waals surface area contributed by atoms with Crippen LogP contribution in [0.15, 0.2) is 48.5 Å². The van der Waals surface area contributed by atoms with Gasteiger partial charge in [0.1, 0.15) is 5.75 Å². The summed E-state index contributed by atoms with van der Waals surface area (Å²) in [6, 6.07) is 15.2. The Kier molecular flexibility index (Phi) is 10.9. The summed E-state index contributed by atoms with van der Waals surface area (Å²) < 4.78 is 10.9. The van der Waals surface area contributed by atoms with Crippen LogP contribution in [0.1, 0.15) is 70.9 Å². The highest BCUT2D eigenvalue weighted by Crippen LogP contribution is 2.22. The zero-order valence-electron chi connectivity index (χ0n) is 21.4. The molecule has 1 N–H and O–H groups in total. The molecule has 0 saturated carbocycles. The quantitative estimate of drug-likeness (QED) is 0.262. The molecule has 0 saturated heterocycles. The Bertz CT molecular complexity index is 909. The molecule has 186 valence electrons. The summed E-state index contributed by atoms with van der Waals surface area (Å²) in [4.78, 5) is 27.1. The Labute approximate surface area is 204 Å². The van der Waals surface area contributed by atoms with Crippen molar-refractivity contribution in [3.05, 3.63) is 59.7 Å². The molecular formula is C28H40N2O4. The van der Waals surface area contributed by atoms with Crippen molar-refractivity contribution >= 4 is 17.7 Å². The van der Waals surface area contributed by atoms with Gasteiger partial charge in [0.15, 0.2) is 5.60 Å². The molecule has 2 amide bonds. The third kappa shape index (κ3) is 8.73. The number of hydrogen-bond donors (Lipinski definition) is 1. The molecule has 0 spiro atoms. The first-order valence-electron chi connectivity index (χ1n) is 12.3. The second-order valence-electron chi connectivity index (χ2n) is 9.06. The summed E-state index contributed by atoms with van der Waals surface area (Å²) >= 11 is 0. The Morgan fingerprint density at radius 2 is 1.62 bits per heavy atom. The maximum Gasteiger partial charge on any atom is 0.349 e. The first-order valence-corrected chi connectivity index (χ1v) is 12.3. The van der Waals surface area contributed by atoms with Crippen molar-refractivity contribution in [3.63, 3.8) is 0 Å². The normalized spacial score (nSPS) is 11.1. The van der Waals surface area contributed by atoms with E-state index in [0.717, 1.165) is 29.7 Å². The third-order valence-corrected chi connectivity index (χ3v) is 5.64. The number of amides is 2. The van der Waals surface area contributed by atoms with Gasteiger partial charge in [-0.2, -0.15) is 0 Å². The van der Waals surface area contributed by atoms with Gasteiger partial charge in [-0.15, -0.1) is 0 Å². The zero-order valence-corrected chi connectivity index (χ0v) is 21.4. The van der Waals surface area contributed by atoms with E-state index in [9.17, 15) is 9.59 Å². The van der Waals surface area contributed by atoms with Crippen molar-refractivity contribution in [1.82, 2.24) is 4.90 Å². The maximum atomic E-state index is 13.1. The fourth-order valence-corrected chi connectivity index (χ4v) is 3.59. The summed E-state index contributed by atoms with van der Waals surface area (Å²) in [5.74, 6) is 0.179. The molecule has 34 heavy (non-hydrogen) atoms. The minimum absolute atomic E-state index is 0.103. The summed E-state index contributed by atoms with van der Waals surface area (Å²) in [5, 5.41) is 3.06. The minimum atomic E-state index is -1.07. The van der Waals surface area contributed by atoms with E-state index >= 15 is 0 Å². The van der Waals surface area contributed by atoms with Crippen LogP contribution >= 0.6 is 0 Å². The zero-order chi connectivity index (χ0) is 25.0. The monoisotopic (exact) mass is 468 g/mol. The number of nitrogens with one attached hydrogen (secondary N) is 1. The van der Waals surface area contributed by atoms with E-state index in [1.165, 1.54) is 19.3 Å². The third-order valence-electron chi connectivity index (χ3n) is 5.64.